The summed E-state index contributed by atoms with van der Waals surface area (Å²) in [7, 11) is 1.68. The van der Waals surface area contributed by atoms with Crippen LogP contribution in [0.2, 0.25) is 0 Å². The summed E-state index contributed by atoms with van der Waals surface area (Å²) in [6.45, 7) is 3.46. The second-order valence-electron chi connectivity index (χ2n) is 3.66. The van der Waals surface area contributed by atoms with Crippen molar-refractivity contribution in [3.63, 3.8) is 0 Å². The molecule has 1 heterocycles. The van der Waals surface area contributed by atoms with Gasteiger partial charge < -0.3 is 9.30 Å². The minimum atomic E-state index is -0.185. The molecule has 1 aromatic heterocycles. The van der Waals surface area contributed by atoms with Crippen molar-refractivity contribution in [2.45, 2.75) is 13.5 Å². The fraction of sp³-hybridized carbons (Fsp3) is 0.333. The molecule has 0 spiro atoms. The van der Waals surface area contributed by atoms with Gasteiger partial charge in [-0.05, 0) is 30.7 Å². The van der Waals surface area contributed by atoms with Gasteiger partial charge >= 0.3 is 0 Å². The van der Waals surface area contributed by atoms with Crippen LogP contribution >= 0.6 is 0 Å². The van der Waals surface area contributed by atoms with Crippen LogP contribution in [0.3, 0.4) is 0 Å². The third kappa shape index (κ3) is 1.88. The van der Waals surface area contributed by atoms with Crippen molar-refractivity contribution in [2.24, 2.45) is 0 Å². The topological polar surface area (TPSA) is 14.2 Å². The summed E-state index contributed by atoms with van der Waals surface area (Å²) in [4.78, 5) is 0. The summed E-state index contributed by atoms with van der Waals surface area (Å²) < 4.78 is 20.2. The van der Waals surface area contributed by atoms with Crippen LogP contribution in [0.15, 0.2) is 24.4 Å². The lowest BCUT2D eigenvalue weighted by molar-refractivity contribution is 0.188. The van der Waals surface area contributed by atoms with Crippen molar-refractivity contribution in [1.82, 2.24) is 4.57 Å². The second-order valence-corrected chi connectivity index (χ2v) is 3.66. The van der Waals surface area contributed by atoms with E-state index in [2.05, 4.69) is 4.57 Å². The Balaban J connectivity index is 2.48. The Morgan fingerprint density at radius 3 is 2.93 bits per heavy atom. The molecule has 0 aliphatic rings. The molecule has 2 aromatic rings. The normalized spacial score (nSPS) is 11.1. The van der Waals surface area contributed by atoms with Crippen molar-refractivity contribution in [2.75, 3.05) is 13.7 Å². The van der Waals surface area contributed by atoms with Crippen LogP contribution in [0.25, 0.3) is 10.9 Å². The lowest BCUT2D eigenvalue weighted by Crippen LogP contribution is -2.02. The van der Waals surface area contributed by atoms with Gasteiger partial charge in [0.05, 0.1) is 6.61 Å². The van der Waals surface area contributed by atoms with Gasteiger partial charge in [0, 0.05) is 30.8 Å². The first-order valence-corrected chi connectivity index (χ1v) is 4.96. The van der Waals surface area contributed by atoms with E-state index in [1.54, 1.807) is 13.2 Å². The molecule has 0 bridgehead atoms. The minimum absolute atomic E-state index is 0.185. The van der Waals surface area contributed by atoms with Crippen LogP contribution in [0.4, 0.5) is 4.39 Å². The number of nitrogens with zero attached hydrogens (tertiary/aromatic N) is 1. The molecule has 0 aliphatic carbocycles. The van der Waals surface area contributed by atoms with E-state index < -0.39 is 0 Å². The average Bonchev–Trinajstić information content (AvgIpc) is 2.53. The molecule has 0 radical (unpaired) electrons. The SMILES string of the molecule is COCCn1cc(C)c2cc(F)ccc21. The second kappa shape index (κ2) is 4.03. The molecule has 1 aromatic carbocycles. The van der Waals surface area contributed by atoms with E-state index in [4.69, 9.17) is 4.74 Å². The maximum Gasteiger partial charge on any atom is 0.123 e. The highest BCUT2D eigenvalue weighted by molar-refractivity contribution is 5.83. The van der Waals surface area contributed by atoms with E-state index >= 15 is 0 Å². The third-order valence-electron chi connectivity index (χ3n) is 2.58. The zero-order valence-corrected chi connectivity index (χ0v) is 8.96. The smallest absolute Gasteiger partial charge is 0.123 e. The van der Waals surface area contributed by atoms with Crippen LogP contribution < -0.4 is 0 Å². The van der Waals surface area contributed by atoms with Crippen LogP contribution in [0.1, 0.15) is 5.56 Å². The molecule has 0 saturated carbocycles. The monoisotopic (exact) mass is 207 g/mol. The summed E-state index contributed by atoms with van der Waals surface area (Å²) in [5.41, 5.74) is 2.16. The van der Waals surface area contributed by atoms with Gasteiger partial charge in [-0.25, -0.2) is 4.39 Å². The largest absolute Gasteiger partial charge is 0.383 e. The highest BCUT2D eigenvalue weighted by atomic mass is 19.1. The maximum atomic E-state index is 13.0. The maximum absolute atomic E-state index is 13.0. The molecule has 2 nitrogen and oxygen atoms in total. The Labute approximate surface area is 88.3 Å². The lowest BCUT2D eigenvalue weighted by atomic mass is 10.2. The average molecular weight is 207 g/mol. The molecule has 80 valence electrons. The Bertz CT molecular complexity index is 476. The van der Waals surface area contributed by atoms with Gasteiger partial charge in [0.25, 0.3) is 0 Å². The highest BCUT2D eigenvalue weighted by Gasteiger charge is 2.05. The van der Waals surface area contributed by atoms with E-state index in [0.29, 0.717) is 6.61 Å². The zero-order chi connectivity index (χ0) is 10.8. The first-order chi connectivity index (χ1) is 7.22. The van der Waals surface area contributed by atoms with Crippen molar-refractivity contribution in [3.05, 3.63) is 35.8 Å². The lowest BCUT2D eigenvalue weighted by Gasteiger charge is -2.03. The van der Waals surface area contributed by atoms with Crippen LogP contribution in [0.5, 0.6) is 0 Å². The molecule has 0 aliphatic heterocycles. The molecule has 0 saturated heterocycles. The molecule has 0 N–H and O–H groups in total. The first kappa shape index (κ1) is 10.2. The van der Waals surface area contributed by atoms with E-state index in [1.807, 2.05) is 19.2 Å². The van der Waals surface area contributed by atoms with E-state index in [9.17, 15) is 4.39 Å². The summed E-state index contributed by atoms with van der Waals surface area (Å²) in [5, 5.41) is 0.978. The van der Waals surface area contributed by atoms with Gasteiger partial charge in [-0.3, -0.25) is 0 Å². The van der Waals surface area contributed by atoms with Gasteiger partial charge in [0.15, 0.2) is 0 Å². The Hall–Kier alpha value is -1.35. The summed E-state index contributed by atoms with van der Waals surface area (Å²) in [6.07, 6.45) is 2.03. The van der Waals surface area contributed by atoms with E-state index in [-0.39, 0.29) is 5.82 Å². The Morgan fingerprint density at radius 2 is 2.20 bits per heavy atom. The number of benzene rings is 1. The van der Waals surface area contributed by atoms with E-state index in [1.165, 1.54) is 6.07 Å². The van der Waals surface area contributed by atoms with Crippen molar-refractivity contribution in [3.8, 4) is 0 Å². The number of fused-ring (bicyclic) bond motifs is 1. The molecule has 0 fully saturated rings. The number of rotatable bonds is 3. The van der Waals surface area contributed by atoms with Crippen LogP contribution in [0, 0.1) is 12.7 Å². The molecule has 3 heteroatoms. The quantitative estimate of drug-likeness (QED) is 0.754. The van der Waals surface area contributed by atoms with Crippen molar-refractivity contribution in [1.29, 1.82) is 0 Å². The van der Waals surface area contributed by atoms with Gasteiger partial charge in [-0.1, -0.05) is 0 Å². The summed E-state index contributed by atoms with van der Waals surface area (Å²) in [5.74, 6) is -0.185. The Kier molecular flexibility index (Phi) is 2.73. The zero-order valence-electron chi connectivity index (χ0n) is 8.96. The number of hydrogen-bond acceptors (Lipinski definition) is 1. The standard InChI is InChI=1S/C12H14FNO/c1-9-8-14(5-6-15-2)12-4-3-10(13)7-11(9)12/h3-4,7-8H,5-6H2,1-2H3. The van der Waals surface area contributed by atoms with E-state index in [0.717, 1.165) is 23.0 Å². The molecule has 0 unspecified atom stereocenters. The molecule has 0 amide bonds. The number of aromatic nitrogens is 1. The molecular formula is C12H14FNO. The predicted molar refractivity (Wildman–Crippen MR) is 58.5 cm³/mol. The first-order valence-electron chi connectivity index (χ1n) is 4.96. The number of halogens is 1. The number of methoxy groups -OCH3 is 1. The van der Waals surface area contributed by atoms with Crippen molar-refractivity contribution < 1.29 is 9.13 Å². The van der Waals surface area contributed by atoms with Gasteiger partial charge in [-0.2, -0.15) is 0 Å². The molecular weight excluding hydrogens is 193 g/mol. The summed E-state index contributed by atoms with van der Waals surface area (Å²) >= 11 is 0. The van der Waals surface area contributed by atoms with Gasteiger partial charge in [0.2, 0.25) is 0 Å². The molecule has 0 atom stereocenters. The number of ether oxygens (including phenoxy) is 1. The van der Waals surface area contributed by atoms with Crippen molar-refractivity contribution >= 4 is 10.9 Å². The third-order valence-corrected chi connectivity index (χ3v) is 2.58. The molecule has 15 heavy (non-hydrogen) atoms. The predicted octanol–water partition coefficient (Wildman–Crippen LogP) is 2.74. The van der Waals surface area contributed by atoms with Crippen LogP contribution in [-0.2, 0) is 11.3 Å². The highest BCUT2D eigenvalue weighted by Crippen LogP contribution is 2.21. The molecule has 2 rings (SSSR count). The fourth-order valence-corrected chi connectivity index (χ4v) is 1.82. The Morgan fingerprint density at radius 1 is 1.40 bits per heavy atom. The fourth-order valence-electron chi connectivity index (χ4n) is 1.82. The number of hydrogen-bond donors (Lipinski definition) is 0. The van der Waals surface area contributed by atoms with Gasteiger partial charge in [0.1, 0.15) is 5.82 Å². The van der Waals surface area contributed by atoms with Gasteiger partial charge in [-0.15, -0.1) is 0 Å². The van der Waals surface area contributed by atoms with Crippen LogP contribution in [-0.4, -0.2) is 18.3 Å². The minimum Gasteiger partial charge on any atom is -0.383 e. The number of aryl methyl sites for hydroxylation is 1. The summed E-state index contributed by atoms with van der Waals surface area (Å²) in [6, 6.07) is 4.88.